The average Bonchev–Trinajstić information content (AvgIpc) is 3.48. The van der Waals surface area contributed by atoms with E-state index in [0.717, 1.165) is 24.8 Å². The zero-order valence-corrected chi connectivity index (χ0v) is 26.1. The highest BCUT2D eigenvalue weighted by Gasteiger charge is 2.51. The first-order valence-electron chi connectivity index (χ1n) is 14.9. The molecule has 44 heavy (non-hydrogen) atoms. The van der Waals surface area contributed by atoms with Crippen molar-refractivity contribution in [2.75, 3.05) is 13.1 Å². The minimum absolute atomic E-state index is 0.0395. The second-order valence-corrected chi connectivity index (χ2v) is 13.4. The van der Waals surface area contributed by atoms with Crippen LogP contribution in [-0.2, 0) is 26.3 Å². The van der Waals surface area contributed by atoms with Crippen LogP contribution in [0.4, 0.5) is 14.4 Å². The molecule has 4 amide bonds. The number of carbonyl (C=O) groups is 3. The van der Waals surface area contributed by atoms with E-state index < -0.39 is 28.8 Å². The number of hydrogen-bond donors (Lipinski definition) is 2. The largest absolute Gasteiger partial charge is 0.444 e. The lowest BCUT2D eigenvalue weighted by atomic mass is 10.0. The number of ether oxygens (including phenoxy) is 2. The number of benzene rings is 1. The topological polar surface area (TPSA) is 161 Å². The summed E-state index contributed by atoms with van der Waals surface area (Å²) in [5, 5.41) is 15.1. The fourth-order valence-corrected chi connectivity index (χ4v) is 5.09. The first kappa shape index (κ1) is 31.2. The fraction of sp³-hybridized carbons (Fsp3) is 0.600. The Morgan fingerprint density at radius 1 is 1.00 bits per heavy atom. The predicted molar refractivity (Wildman–Crippen MR) is 157 cm³/mol. The molecule has 14 heteroatoms. The Kier molecular flexibility index (Phi) is 8.56. The number of guanidine groups is 1. The highest BCUT2D eigenvalue weighted by Crippen LogP contribution is 2.48. The summed E-state index contributed by atoms with van der Waals surface area (Å²) in [4.78, 5) is 50.3. The van der Waals surface area contributed by atoms with Gasteiger partial charge in [0.15, 0.2) is 0 Å². The number of nitrogens with zero attached hydrogens (tertiary/aromatic N) is 5. The molecule has 2 atom stereocenters. The molecule has 1 aromatic heterocycles. The van der Waals surface area contributed by atoms with Crippen molar-refractivity contribution in [2.24, 2.45) is 4.99 Å². The van der Waals surface area contributed by atoms with Crippen molar-refractivity contribution in [3.05, 3.63) is 47.7 Å². The monoisotopic (exact) mass is 611 g/mol. The second-order valence-electron chi connectivity index (χ2n) is 13.4. The van der Waals surface area contributed by atoms with Crippen molar-refractivity contribution < 1.29 is 33.1 Å². The summed E-state index contributed by atoms with van der Waals surface area (Å²) in [5.41, 5.74) is -1.07. The molecule has 3 fully saturated rings. The van der Waals surface area contributed by atoms with Crippen molar-refractivity contribution in [1.82, 2.24) is 30.8 Å². The molecule has 1 aliphatic carbocycles. The van der Waals surface area contributed by atoms with E-state index in [1.165, 1.54) is 5.06 Å². The van der Waals surface area contributed by atoms with Gasteiger partial charge < -0.3 is 18.8 Å². The maximum Gasteiger partial charge on any atom is 0.414 e. The number of hydroxylamine groups is 2. The average molecular weight is 612 g/mol. The van der Waals surface area contributed by atoms with Gasteiger partial charge in [-0.3, -0.25) is 20.5 Å². The molecule has 2 aliphatic heterocycles. The van der Waals surface area contributed by atoms with E-state index in [0.29, 0.717) is 31.4 Å². The smallest absolute Gasteiger partial charge is 0.414 e. The molecule has 0 radical (unpaired) electrons. The Hall–Kier alpha value is -4.20. The number of aromatic nitrogens is 2. The summed E-state index contributed by atoms with van der Waals surface area (Å²) in [7, 11) is 0. The predicted octanol–water partition coefficient (Wildman–Crippen LogP) is 4.58. The molecule has 1 aromatic carbocycles. The minimum Gasteiger partial charge on any atom is -0.444 e. The van der Waals surface area contributed by atoms with Gasteiger partial charge in [0.1, 0.15) is 23.9 Å². The number of urea groups is 1. The summed E-state index contributed by atoms with van der Waals surface area (Å²) in [5.74, 6) is 0.651. The van der Waals surface area contributed by atoms with E-state index in [4.69, 9.17) is 18.7 Å². The Balaban J connectivity index is 1.25. The van der Waals surface area contributed by atoms with E-state index in [1.807, 2.05) is 30.3 Å². The molecular weight excluding hydrogens is 570 g/mol. The summed E-state index contributed by atoms with van der Waals surface area (Å²) < 4.78 is 16.8. The van der Waals surface area contributed by atoms with Crippen LogP contribution in [0.15, 0.2) is 39.7 Å². The lowest BCUT2D eigenvalue weighted by Crippen LogP contribution is -2.47. The molecule has 3 aliphatic rings. The van der Waals surface area contributed by atoms with Crippen LogP contribution in [0.5, 0.6) is 0 Å². The number of amides is 4. The van der Waals surface area contributed by atoms with Gasteiger partial charge in [0, 0.05) is 6.54 Å². The van der Waals surface area contributed by atoms with Crippen LogP contribution in [0.3, 0.4) is 0 Å². The third-order valence-electron chi connectivity index (χ3n) is 7.35. The van der Waals surface area contributed by atoms with E-state index >= 15 is 0 Å². The standard InChI is InChI=1S/C30H41N7O7/c1-28(2,3)43-25(38)32-24(33-26(39)44-29(4,5)6)31-18-30(14-15-30)23-35-34-22(42-23)21-13-12-20-16-36(21)27(40)37(20)41-17-19-10-8-7-9-11-19/h7-11,20-21H,12-18H2,1-6H3,(H2,31,32,33,38,39)/t20-,21-/m0/s1. The zero-order chi connectivity index (χ0) is 31.7. The maximum absolute atomic E-state index is 13.3. The number of rotatable bonds is 7. The lowest BCUT2D eigenvalue weighted by Gasteiger charge is -2.27. The first-order valence-corrected chi connectivity index (χ1v) is 14.9. The molecule has 238 valence electrons. The molecular formula is C30H41N7O7. The number of alkyl carbamates (subject to hydrolysis) is 2. The molecule has 14 nitrogen and oxygen atoms in total. The number of carbonyl (C=O) groups excluding carboxylic acids is 3. The molecule has 2 N–H and O–H groups in total. The Morgan fingerprint density at radius 3 is 2.23 bits per heavy atom. The van der Waals surface area contributed by atoms with Gasteiger partial charge in [-0.15, -0.1) is 10.2 Å². The van der Waals surface area contributed by atoms with Crippen LogP contribution in [0.25, 0.3) is 0 Å². The van der Waals surface area contributed by atoms with Gasteiger partial charge in [0.2, 0.25) is 17.7 Å². The van der Waals surface area contributed by atoms with Crippen molar-refractivity contribution >= 4 is 24.2 Å². The molecule has 1 saturated carbocycles. The van der Waals surface area contributed by atoms with Crippen LogP contribution < -0.4 is 10.6 Å². The van der Waals surface area contributed by atoms with Gasteiger partial charge in [-0.2, -0.15) is 5.06 Å². The second kappa shape index (κ2) is 12.1. The van der Waals surface area contributed by atoms with Crippen LogP contribution in [0.1, 0.15) is 90.6 Å². The highest BCUT2D eigenvalue weighted by atomic mass is 16.7. The Morgan fingerprint density at radius 2 is 1.64 bits per heavy atom. The number of fused-ring (bicyclic) bond motifs is 2. The van der Waals surface area contributed by atoms with Gasteiger partial charge in [-0.1, -0.05) is 30.3 Å². The zero-order valence-electron chi connectivity index (χ0n) is 26.1. The molecule has 2 saturated heterocycles. The number of hydrogen-bond acceptors (Lipinski definition) is 10. The van der Waals surface area contributed by atoms with Crippen molar-refractivity contribution in [1.29, 1.82) is 0 Å². The fourth-order valence-electron chi connectivity index (χ4n) is 5.09. The van der Waals surface area contributed by atoms with Gasteiger partial charge >= 0.3 is 18.2 Å². The van der Waals surface area contributed by atoms with Crippen molar-refractivity contribution in [3.8, 4) is 0 Å². The normalized spacial score (nSPS) is 20.6. The van der Waals surface area contributed by atoms with Crippen LogP contribution >= 0.6 is 0 Å². The summed E-state index contributed by atoms with van der Waals surface area (Å²) in [6.07, 6.45) is 1.31. The number of nitrogens with one attached hydrogen (secondary N) is 2. The number of piperidine rings is 1. The highest BCUT2D eigenvalue weighted by molar-refractivity contribution is 6.01. The van der Waals surface area contributed by atoms with Gasteiger partial charge in [-0.25, -0.2) is 14.4 Å². The van der Waals surface area contributed by atoms with Gasteiger partial charge in [0.05, 0.1) is 18.0 Å². The van der Waals surface area contributed by atoms with E-state index in [9.17, 15) is 14.4 Å². The first-order chi connectivity index (χ1) is 20.7. The molecule has 0 unspecified atom stereocenters. The maximum atomic E-state index is 13.3. The number of aliphatic imine (C=N–C) groups is 1. The summed E-state index contributed by atoms with van der Waals surface area (Å²) >= 11 is 0. The quantitative estimate of drug-likeness (QED) is 0.337. The van der Waals surface area contributed by atoms with Crippen LogP contribution in [-0.4, -0.2) is 74.7 Å². The van der Waals surface area contributed by atoms with Gasteiger partial charge in [0.25, 0.3) is 0 Å². The summed E-state index contributed by atoms with van der Waals surface area (Å²) in [6.45, 7) is 11.4. The van der Waals surface area contributed by atoms with Crippen molar-refractivity contribution in [2.45, 2.75) is 103 Å². The van der Waals surface area contributed by atoms with E-state index in [1.54, 1.807) is 46.4 Å². The third kappa shape index (κ3) is 7.65. The minimum atomic E-state index is -0.773. The van der Waals surface area contributed by atoms with Gasteiger partial charge in [-0.05, 0) is 72.8 Å². The Labute approximate surface area is 256 Å². The van der Waals surface area contributed by atoms with E-state index in [2.05, 4.69) is 25.8 Å². The van der Waals surface area contributed by atoms with Crippen molar-refractivity contribution in [3.63, 3.8) is 0 Å². The molecule has 5 rings (SSSR count). The molecule has 2 aromatic rings. The van der Waals surface area contributed by atoms with E-state index in [-0.39, 0.29) is 30.6 Å². The molecule has 0 spiro atoms. The SMILES string of the molecule is CC(C)(C)OC(=O)NC(=NCC1(c2nnc([C@@H]3CC[C@H]4CN3C(=O)N4OCc3ccccc3)o2)CC1)NC(=O)OC(C)(C)C. The molecule has 3 heterocycles. The Bertz CT molecular complexity index is 1360. The van der Waals surface area contributed by atoms with Crippen LogP contribution in [0.2, 0.25) is 0 Å². The molecule has 2 bridgehead atoms. The lowest BCUT2D eigenvalue weighted by molar-refractivity contribution is -0.140. The summed E-state index contributed by atoms with van der Waals surface area (Å²) in [6, 6.07) is 9.10. The third-order valence-corrected chi connectivity index (χ3v) is 7.35. The van der Waals surface area contributed by atoms with Crippen LogP contribution in [0, 0.1) is 0 Å².